The van der Waals surface area contributed by atoms with Gasteiger partial charge in [0.1, 0.15) is 6.04 Å². The molecule has 4 nitrogen and oxygen atoms in total. The molecule has 9 heavy (non-hydrogen) atoms. The highest BCUT2D eigenvalue weighted by Gasteiger charge is 1.98. The van der Waals surface area contributed by atoms with E-state index in [2.05, 4.69) is 21.3 Å². The summed E-state index contributed by atoms with van der Waals surface area (Å²) in [4.78, 5) is 1.38. The van der Waals surface area contributed by atoms with Crippen LogP contribution in [0.1, 0.15) is 13.0 Å². The topological polar surface area (TPSA) is 43.6 Å². The molecule has 1 aromatic rings. The van der Waals surface area contributed by atoms with Gasteiger partial charge < -0.3 is 0 Å². The molecule has 46 valence electrons. The van der Waals surface area contributed by atoms with E-state index >= 15 is 0 Å². The Hall–Kier alpha value is -1.37. The highest BCUT2D eigenvalue weighted by Crippen LogP contribution is 1.93. The Balaban J connectivity index is 2.80. The molecule has 1 heterocycles. The van der Waals surface area contributed by atoms with Gasteiger partial charge in [-0.25, -0.2) is 0 Å². The number of tetrazole rings is 1. The maximum atomic E-state index is 5.08. The van der Waals surface area contributed by atoms with Gasteiger partial charge in [-0.3, -0.25) is 0 Å². The minimum absolute atomic E-state index is 0.104. The molecule has 0 spiro atoms. The fourth-order valence-electron chi connectivity index (χ4n) is 0.419. The van der Waals surface area contributed by atoms with Crippen molar-refractivity contribution in [3.63, 3.8) is 0 Å². The molecule has 0 N–H and O–H groups in total. The van der Waals surface area contributed by atoms with Gasteiger partial charge in [0, 0.05) is 0 Å². The van der Waals surface area contributed by atoms with E-state index in [4.69, 9.17) is 6.42 Å². The molecular formula is C5H6N4. The summed E-state index contributed by atoms with van der Waals surface area (Å²) in [5, 5.41) is 10.8. The van der Waals surface area contributed by atoms with E-state index in [1.165, 1.54) is 11.1 Å². The summed E-state index contributed by atoms with van der Waals surface area (Å²) in [6.45, 7) is 1.82. The Labute approximate surface area is 52.9 Å². The van der Waals surface area contributed by atoms with Crippen molar-refractivity contribution in [1.82, 2.24) is 20.2 Å². The maximum Gasteiger partial charge on any atom is 0.162 e. The van der Waals surface area contributed by atoms with Crippen LogP contribution in [0.5, 0.6) is 0 Å². The first-order valence-electron chi connectivity index (χ1n) is 2.53. The van der Waals surface area contributed by atoms with Crippen LogP contribution < -0.4 is 0 Å². The summed E-state index contributed by atoms with van der Waals surface area (Å²) in [5.41, 5.74) is 0. The average Bonchev–Trinajstić information content (AvgIpc) is 2.37. The molecule has 0 fully saturated rings. The molecule has 4 heteroatoms. The zero-order valence-electron chi connectivity index (χ0n) is 5.02. The summed E-state index contributed by atoms with van der Waals surface area (Å²) in [6.07, 6.45) is 6.44. The molecule has 0 bridgehead atoms. The minimum atomic E-state index is -0.104. The van der Waals surface area contributed by atoms with E-state index in [0.717, 1.165) is 0 Å². The molecule has 1 aromatic heterocycles. The summed E-state index contributed by atoms with van der Waals surface area (Å²) in [6, 6.07) is -0.104. The van der Waals surface area contributed by atoms with Crippen LogP contribution in [0.15, 0.2) is 6.33 Å². The molecule has 0 aliphatic rings. The van der Waals surface area contributed by atoms with Crippen LogP contribution >= 0.6 is 0 Å². The van der Waals surface area contributed by atoms with Crippen molar-refractivity contribution in [2.45, 2.75) is 13.0 Å². The third kappa shape index (κ3) is 1.05. The number of nitrogens with zero attached hydrogens (tertiary/aromatic N) is 4. The van der Waals surface area contributed by atoms with Crippen LogP contribution in [0.4, 0.5) is 0 Å². The lowest BCUT2D eigenvalue weighted by atomic mass is 10.4. The van der Waals surface area contributed by atoms with Crippen LogP contribution in [0, 0.1) is 12.3 Å². The first-order valence-corrected chi connectivity index (χ1v) is 2.53. The van der Waals surface area contributed by atoms with E-state index < -0.39 is 0 Å². The van der Waals surface area contributed by atoms with Crippen LogP contribution in [-0.4, -0.2) is 20.2 Å². The molecule has 0 amide bonds. The minimum Gasteiger partial charge on any atom is -0.149 e. The Morgan fingerprint density at radius 3 is 3.00 bits per heavy atom. The number of rotatable bonds is 1. The van der Waals surface area contributed by atoms with Gasteiger partial charge in [0.15, 0.2) is 6.33 Å². The quantitative estimate of drug-likeness (QED) is 0.487. The van der Waals surface area contributed by atoms with Crippen LogP contribution in [0.25, 0.3) is 0 Å². The van der Waals surface area contributed by atoms with E-state index in [9.17, 15) is 0 Å². The second-order valence-corrected chi connectivity index (χ2v) is 1.60. The monoisotopic (exact) mass is 122 g/mol. The molecule has 0 saturated heterocycles. The second kappa shape index (κ2) is 2.27. The van der Waals surface area contributed by atoms with Crippen molar-refractivity contribution >= 4 is 0 Å². The van der Waals surface area contributed by atoms with Crippen molar-refractivity contribution in [3.8, 4) is 12.3 Å². The smallest absolute Gasteiger partial charge is 0.149 e. The zero-order chi connectivity index (χ0) is 6.69. The van der Waals surface area contributed by atoms with Crippen LogP contribution in [0.3, 0.4) is 0 Å². The Morgan fingerprint density at radius 1 is 1.78 bits per heavy atom. The van der Waals surface area contributed by atoms with Crippen molar-refractivity contribution < 1.29 is 0 Å². The fourth-order valence-corrected chi connectivity index (χ4v) is 0.419. The molecule has 1 unspecified atom stereocenters. The van der Waals surface area contributed by atoms with Gasteiger partial charge in [-0.1, -0.05) is 5.92 Å². The van der Waals surface area contributed by atoms with Crippen LogP contribution in [0.2, 0.25) is 0 Å². The van der Waals surface area contributed by atoms with Gasteiger partial charge in [-0.2, -0.15) is 0 Å². The zero-order valence-corrected chi connectivity index (χ0v) is 5.02. The summed E-state index contributed by atoms with van der Waals surface area (Å²) in [5.74, 6) is 2.47. The molecule has 1 rings (SSSR count). The van der Waals surface area contributed by atoms with E-state index in [1.54, 1.807) is 0 Å². The number of aromatic nitrogens is 4. The predicted molar refractivity (Wildman–Crippen MR) is 31.4 cm³/mol. The van der Waals surface area contributed by atoms with E-state index in [1.807, 2.05) is 6.92 Å². The number of hydrogen-bond donors (Lipinski definition) is 0. The third-order valence-electron chi connectivity index (χ3n) is 0.952. The van der Waals surface area contributed by atoms with E-state index in [0.29, 0.717) is 0 Å². The lowest BCUT2D eigenvalue weighted by molar-refractivity contribution is 0.504. The standard InChI is InChI=1S/C5H6N4/c1-3-5(2)9-7-4-6-8-9/h1,4-5H,2H3. The normalized spacial score (nSPS) is 12.4. The fraction of sp³-hybridized carbons (Fsp3) is 0.400. The number of terminal acetylenes is 1. The Bertz CT molecular complexity index is 207. The number of hydrogen-bond acceptors (Lipinski definition) is 3. The molecule has 0 radical (unpaired) electrons. The van der Waals surface area contributed by atoms with Gasteiger partial charge in [0.25, 0.3) is 0 Å². The average molecular weight is 122 g/mol. The molecule has 0 aliphatic heterocycles. The van der Waals surface area contributed by atoms with Crippen molar-refractivity contribution in [1.29, 1.82) is 0 Å². The first-order chi connectivity index (χ1) is 4.34. The SMILES string of the molecule is C#CC(C)n1ncnn1. The molecule has 0 aromatic carbocycles. The van der Waals surface area contributed by atoms with Crippen molar-refractivity contribution in [3.05, 3.63) is 6.33 Å². The van der Waals surface area contributed by atoms with Gasteiger partial charge in [0.2, 0.25) is 0 Å². The summed E-state index contributed by atoms with van der Waals surface area (Å²) in [7, 11) is 0. The highest BCUT2D eigenvalue weighted by molar-refractivity contribution is 4.91. The van der Waals surface area contributed by atoms with Crippen molar-refractivity contribution in [2.75, 3.05) is 0 Å². The second-order valence-electron chi connectivity index (χ2n) is 1.60. The highest BCUT2D eigenvalue weighted by atomic mass is 15.6. The van der Waals surface area contributed by atoms with Gasteiger partial charge >= 0.3 is 0 Å². The predicted octanol–water partition coefficient (Wildman–Crippen LogP) is -0.133. The molecule has 0 aliphatic carbocycles. The summed E-state index contributed by atoms with van der Waals surface area (Å²) >= 11 is 0. The largest absolute Gasteiger partial charge is 0.162 e. The van der Waals surface area contributed by atoms with Gasteiger partial charge in [0.05, 0.1) is 0 Å². The molecular weight excluding hydrogens is 116 g/mol. The van der Waals surface area contributed by atoms with Gasteiger partial charge in [-0.15, -0.1) is 21.4 Å². The third-order valence-corrected chi connectivity index (χ3v) is 0.952. The molecule has 0 saturated carbocycles. The summed E-state index contributed by atoms with van der Waals surface area (Å²) < 4.78 is 0. The molecule has 1 atom stereocenters. The first kappa shape index (κ1) is 5.76. The van der Waals surface area contributed by atoms with Crippen molar-refractivity contribution in [2.24, 2.45) is 0 Å². The Kier molecular flexibility index (Phi) is 1.45. The lowest BCUT2D eigenvalue weighted by Gasteiger charge is -1.97. The van der Waals surface area contributed by atoms with E-state index in [-0.39, 0.29) is 6.04 Å². The maximum absolute atomic E-state index is 5.08. The van der Waals surface area contributed by atoms with Gasteiger partial charge in [-0.05, 0) is 12.1 Å². The van der Waals surface area contributed by atoms with Crippen LogP contribution in [-0.2, 0) is 0 Å². The lowest BCUT2D eigenvalue weighted by Crippen LogP contribution is -2.06. The Morgan fingerprint density at radius 2 is 2.56 bits per heavy atom.